The third-order valence-corrected chi connectivity index (χ3v) is 5.49. The second-order valence-corrected chi connectivity index (χ2v) is 6.74. The third-order valence-electron chi connectivity index (χ3n) is 2.83. The molecule has 0 bridgehead atoms. The van der Waals surface area contributed by atoms with Gasteiger partial charge in [-0.05, 0) is 58.2 Å². The molecule has 0 aliphatic rings. The first-order chi connectivity index (χ1) is 9.34. The molecule has 1 N–H and O–H groups in total. The summed E-state index contributed by atoms with van der Waals surface area (Å²) < 4.78 is 40.1. The Morgan fingerprint density at radius 1 is 1.15 bits per heavy atom. The van der Waals surface area contributed by atoms with E-state index in [4.69, 9.17) is 0 Å². The van der Waals surface area contributed by atoms with Crippen LogP contribution in [-0.2, 0) is 6.18 Å². The van der Waals surface area contributed by atoms with Crippen molar-refractivity contribution >= 4 is 43.2 Å². The monoisotopic (exact) mass is 427 g/mol. The largest absolute Gasteiger partial charge is 0.416 e. The van der Waals surface area contributed by atoms with Crippen LogP contribution in [-0.4, -0.2) is 7.05 Å². The van der Waals surface area contributed by atoms with E-state index in [0.29, 0.717) is 10.0 Å². The highest BCUT2D eigenvalue weighted by atomic mass is 79.9. The van der Waals surface area contributed by atoms with Crippen molar-refractivity contribution < 1.29 is 13.2 Å². The van der Waals surface area contributed by atoms with Crippen LogP contribution in [0, 0.1) is 0 Å². The lowest BCUT2D eigenvalue weighted by atomic mass is 10.0. The number of hydrogen-bond acceptors (Lipinski definition) is 2. The Labute approximate surface area is 135 Å². The average Bonchev–Trinajstić information content (AvgIpc) is 2.78. The minimum absolute atomic E-state index is 0.305. The number of hydrogen-bond donors (Lipinski definition) is 1. The van der Waals surface area contributed by atoms with Gasteiger partial charge in [-0.2, -0.15) is 13.2 Å². The van der Waals surface area contributed by atoms with Gasteiger partial charge in [0.1, 0.15) is 0 Å². The summed E-state index contributed by atoms with van der Waals surface area (Å²) in [7, 11) is 1.73. The van der Waals surface area contributed by atoms with Gasteiger partial charge in [0, 0.05) is 13.8 Å². The van der Waals surface area contributed by atoms with Crippen molar-refractivity contribution in [3.8, 4) is 0 Å². The molecule has 1 aromatic carbocycles. The van der Waals surface area contributed by atoms with Gasteiger partial charge in [-0.1, -0.05) is 15.9 Å². The lowest BCUT2D eigenvalue weighted by molar-refractivity contribution is -0.137. The molecular formula is C13H10Br2F3NS. The summed E-state index contributed by atoms with van der Waals surface area (Å²) in [5.74, 6) is 0. The summed E-state index contributed by atoms with van der Waals surface area (Å²) >= 11 is 8.24. The zero-order valence-electron chi connectivity index (χ0n) is 10.3. The lowest BCUT2D eigenvalue weighted by Crippen LogP contribution is -2.18. The van der Waals surface area contributed by atoms with E-state index < -0.39 is 11.7 Å². The number of halogens is 5. The highest BCUT2D eigenvalue weighted by Crippen LogP contribution is 2.39. The Morgan fingerprint density at radius 3 is 2.35 bits per heavy atom. The number of alkyl halides is 3. The summed E-state index contributed by atoms with van der Waals surface area (Å²) in [6.45, 7) is 0. The van der Waals surface area contributed by atoms with E-state index in [1.54, 1.807) is 7.05 Å². The van der Waals surface area contributed by atoms with E-state index >= 15 is 0 Å². The Balaban J connectivity index is 2.52. The molecule has 0 saturated heterocycles. The molecule has 1 heterocycles. The highest BCUT2D eigenvalue weighted by molar-refractivity contribution is 9.10. The number of nitrogens with one attached hydrogen (secondary N) is 1. The molecule has 1 atom stereocenters. The first kappa shape index (κ1) is 16.0. The second kappa shape index (κ2) is 6.17. The van der Waals surface area contributed by atoms with Crippen molar-refractivity contribution in [3.63, 3.8) is 0 Å². The lowest BCUT2D eigenvalue weighted by Gasteiger charge is -2.19. The normalized spacial score (nSPS) is 13.5. The van der Waals surface area contributed by atoms with Gasteiger partial charge in [-0.25, -0.2) is 0 Å². The van der Waals surface area contributed by atoms with Crippen LogP contribution >= 0.6 is 43.2 Å². The fraction of sp³-hybridized carbons (Fsp3) is 0.231. The molecule has 0 spiro atoms. The Hall–Kier alpha value is -0.370. The van der Waals surface area contributed by atoms with Crippen LogP contribution in [0.5, 0.6) is 0 Å². The fourth-order valence-corrected chi connectivity index (χ4v) is 4.08. The molecule has 0 aliphatic carbocycles. The molecule has 0 fully saturated rings. The van der Waals surface area contributed by atoms with Crippen LogP contribution in [0.25, 0.3) is 0 Å². The quantitative estimate of drug-likeness (QED) is 0.670. The maximum atomic E-state index is 12.8. The fourth-order valence-electron chi connectivity index (χ4n) is 1.88. The molecule has 0 aliphatic heterocycles. The molecular weight excluding hydrogens is 419 g/mol. The van der Waals surface area contributed by atoms with Gasteiger partial charge >= 0.3 is 6.18 Å². The Bertz CT molecular complexity index is 610. The average molecular weight is 429 g/mol. The molecule has 1 unspecified atom stereocenters. The minimum atomic E-state index is -4.35. The molecule has 0 saturated carbocycles. The highest BCUT2D eigenvalue weighted by Gasteiger charge is 2.32. The first-order valence-electron chi connectivity index (χ1n) is 5.61. The predicted octanol–water partition coefficient (Wildman–Crippen LogP) is 5.60. The van der Waals surface area contributed by atoms with Gasteiger partial charge in [0.25, 0.3) is 0 Å². The molecule has 20 heavy (non-hydrogen) atoms. The zero-order valence-corrected chi connectivity index (χ0v) is 14.3. The van der Waals surface area contributed by atoms with Gasteiger partial charge in [0.2, 0.25) is 0 Å². The van der Waals surface area contributed by atoms with E-state index in [2.05, 4.69) is 37.2 Å². The van der Waals surface area contributed by atoms with Crippen LogP contribution in [0.3, 0.4) is 0 Å². The molecule has 2 aromatic rings. The van der Waals surface area contributed by atoms with E-state index in [1.807, 2.05) is 11.4 Å². The van der Waals surface area contributed by atoms with Crippen molar-refractivity contribution in [1.82, 2.24) is 5.32 Å². The molecule has 108 valence electrons. The van der Waals surface area contributed by atoms with Crippen molar-refractivity contribution in [1.29, 1.82) is 0 Å². The van der Waals surface area contributed by atoms with Crippen molar-refractivity contribution in [2.75, 3.05) is 7.05 Å². The van der Waals surface area contributed by atoms with Gasteiger partial charge in [0.15, 0.2) is 0 Å². The van der Waals surface area contributed by atoms with E-state index in [9.17, 15) is 13.2 Å². The van der Waals surface area contributed by atoms with Crippen LogP contribution in [0.4, 0.5) is 13.2 Å². The molecule has 1 aromatic heterocycles. The van der Waals surface area contributed by atoms with Gasteiger partial charge in [0.05, 0.1) is 11.6 Å². The van der Waals surface area contributed by atoms with Crippen molar-refractivity contribution in [2.24, 2.45) is 0 Å². The van der Waals surface area contributed by atoms with Gasteiger partial charge in [-0.15, -0.1) is 11.3 Å². The van der Waals surface area contributed by atoms with E-state index in [-0.39, 0.29) is 6.04 Å². The van der Waals surface area contributed by atoms with Crippen LogP contribution in [0.15, 0.2) is 38.6 Å². The maximum absolute atomic E-state index is 12.8. The zero-order chi connectivity index (χ0) is 14.9. The standard InChI is InChI=1S/C13H10Br2F3NS/c1-19-11(12-10(15)4-5-20-12)8-6-7(13(16,17)18)2-3-9(8)14/h2-6,11,19H,1H3. The van der Waals surface area contributed by atoms with Gasteiger partial charge < -0.3 is 5.32 Å². The van der Waals surface area contributed by atoms with Crippen molar-refractivity contribution in [2.45, 2.75) is 12.2 Å². The predicted molar refractivity (Wildman–Crippen MR) is 82.1 cm³/mol. The minimum Gasteiger partial charge on any atom is -0.309 e. The molecule has 1 nitrogen and oxygen atoms in total. The van der Waals surface area contributed by atoms with Crippen molar-refractivity contribution in [3.05, 3.63) is 54.6 Å². The smallest absolute Gasteiger partial charge is 0.309 e. The molecule has 0 radical (unpaired) electrons. The van der Waals surface area contributed by atoms with Crippen LogP contribution in [0.2, 0.25) is 0 Å². The summed E-state index contributed by atoms with van der Waals surface area (Å²) in [6.07, 6.45) is -4.35. The number of rotatable bonds is 3. The summed E-state index contributed by atoms with van der Waals surface area (Å²) in [6, 6.07) is 5.26. The number of benzene rings is 1. The second-order valence-electron chi connectivity index (χ2n) is 4.09. The van der Waals surface area contributed by atoms with Gasteiger partial charge in [-0.3, -0.25) is 0 Å². The van der Waals surface area contributed by atoms with E-state index in [1.165, 1.54) is 23.5 Å². The molecule has 0 amide bonds. The molecule has 7 heteroatoms. The Kier molecular flexibility index (Phi) is 4.94. The molecule has 2 rings (SSSR count). The number of thiophene rings is 1. The van der Waals surface area contributed by atoms with E-state index in [0.717, 1.165) is 15.4 Å². The Morgan fingerprint density at radius 2 is 1.85 bits per heavy atom. The summed E-state index contributed by atoms with van der Waals surface area (Å²) in [5.41, 5.74) is -0.0888. The SMILES string of the molecule is CNC(c1cc(C(F)(F)F)ccc1Br)c1sccc1Br. The summed E-state index contributed by atoms with van der Waals surface area (Å²) in [5, 5.41) is 4.96. The summed E-state index contributed by atoms with van der Waals surface area (Å²) in [4.78, 5) is 0.938. The van der Waals surface area contributed by atoms with Crippen LogP contribution in [0.1, 0.15) is 22.0 Å². The maximum Gasteiger partial charge on any atom is 0.416 e. The third kappa shape index (κ3) is 3.27. The van der Waals surface area contributed by atoms with Crippen LogP contribution < -0.4 is 5.32 Å². The topological polar surface area (TPSA) is 12.0 Å². The first-order valence-corrected chi connectivity index (χ1v) is 8.08.